The van der Waals surface area contributed by atoms with Gasteiger partial charge in [-0.15, -0.1) is 5.10 Å². The average Bonchev–Trinajstić information content (AvgIpc) is 2.62. The van der Waals surface area contributed by atoms with Gasteiger partial charge in [-0.25, -0.2) is 13.8 Å². The Morgan fingerprint density at radius 2 is 1.92 bits per heavy atom. The Bertz CT molecular complexity index is 1030. The molecule has 2 heterocycles. The number of ether oxygens (including phenoxy) is 1. The molecule has 2 aromatic heterocycles. The number of benzene rings is 1. The highest BCUT2D eigenvalue weighted by molar-refractivity contribution is 5.70. The Kier molecular flexibility index (Phi) is 4.52. The molecule has 9 nitrogen and oxygen atoms in total. The Balaban J connectivity index is 2.21. The lowest BCUT2D eigenvalue weighted by Crippen LogP contribution is -2.38. The Hall–Kier alpha value is -3.14. The molecule has 0 spiro atoms. The van der Waals surface area contributed by atoms with E-state index in [1.807, 2.05) is 0 Å². The third kappa shape index (κ3) is 3.11. The van der Waals surface area contributed by atoms with E-state index in [2.05, 4.69) is 15.2 Å². The van der Waals surface area contributed by atoms with Gasteiger partial charge in [0.15, 0.2) is 11.2 Å². The predicted molar refractivity (Wildman–Crippen MR) is 87.3 cm³/mol. The smallest absolute Gasteiger partial charge is 0.337 e. The molecule has 3 rings (SSSR count). The molecule has 0 fully saturated rings. The standard InChI is InChI=1S/C15H15FN6O3/c1-21-13(23)11-12(19-20-14(18-11)25-8-2-7-17)22(15(21)24)10-5-3-9(16)4-6-10/h3-6H,2,7-8,17H2,1H3. The van der Waals surface area contributed by atoms with E-state index in [-0.39, 0.29) is 23.8 Å². The number of nitrogens with zero attached hydrogens (tertiary/aromatic N) is 5. The maximum atomic E-state index is 13.2. The van der Waals surface area contributed by atoms with Crippen molar-refractivity contribution in [1.29, 1.82) is 0 Å². The SMILES string of the molecule is Cn1c(=O)c2nc(OCCCN)nnc2n(-c2ccc(F)cc2)c1=O. The molecule has 0 amide bonds. The van der Waals surface area contributed by atoms with Gasteiger partial charge in [0.25, 0.3) is 5.56 Å². The van der Waals surface area contributed by atoms with Gasteiger partial charge in [0.1, 0.15) is 5.82 Å². The minimum atomic E-state index is -0.642. The fourth-order valence-corrected chi connectivity index (χ4v) is 2.22. The van der Waals surface area contributed by atoms with Gasteiger partial charge in [0.05, 0.1) is 12.3 Å². The van der Waals surface area contributed by atoms with Crippen LogP contribution in [0, 0.1) is 5.82 Å². The zero-order valence-electron chi connectivity index (χ0n) is 13.3. The highest BCUT2D eigenvalue weighted by Gasteiger charge is 2.17. The average molecular weight is 346 g/mol. The summed E-state index contributed by atoms with van der Waals surface area (Å²) in [5, 5.41) is 7.70. The van der Waals surface area contributed by atoms with Gasteiger partial charge in [-0.3, -0.25) is 9.36 Å². The second kappa shape index (κ2) is 6.77. The molecule has 0 saturated carbocycles. The molecule has 0 aliphatic rings. The van der Waals surface area contributed by atoms with Gasteiger partial charge in [-0.05, 0) is 37.2 Å². The van der Waals surface area contributed by atoms with Crippen LogP contribution in [0.4, 0.5) is 4.39 Å². The lowest BCUT2D eigenvalue weighted by Gasteiger charge is -2.11. The number of halogens is 1. The zero-order valence-corrected chi connectivity index (χ0v) is 13.3. The Morgan fingerprint density at radius 1 is 1.20 bits per heavy atom. The molecule has 3 aromatic rings. The van der Waals surface area contributed by atoms with Crippen LogP contribution in [0.3, 0.4) is 0 Å². The molecule has 25 heavy (non-hydrogen) atoms. The van der Waals surface area contributed by atoms with Crippen LogP contribution >= 0.6 is 0 Å². The molecular weight excluding hydrogens is 331 g/mol. The zero-order chi connectivity index (χ0) is 18.0. The molecule has 1 aromatic carbocycles. The molecule has 0 atom stereocenters. The number of hydrogen-bond acceptors (Lipinski definition) is 7. The van der Waals surface area contributed by atoms with Crippen molar-refractivity contribution in [2.24, 2.45) is 12.8 Å². The molecule has 0 unspecified atom stereocenters. The maximum Gasteiger partial charge on any atom is 0.337 e. The summed E-state index contributed by atoms with van der Waals surface area (Å²) in [4.78, 5) is 28.9. The van der Waals surface area contributed by atoms with E-state index < -0.39 is 17.1 Å². The van der Waals surface area contributed by atoms with E-state index in [1.165, 1.54) is 31.3 Å². The second-order valence-electron chi connectivity index (χ2n) is 5.22. The summed E-state index contributed by atoms with van der Waals surface area (Å²) in [6.07, 6.45) is 0.592. The molecule has 130 valence electrons. The molecule has 0 aliphatic carbocycles. The van der Waals surface area contributed by atoms with Gasteiger partial charge in [-0.2, -0.15) is 4.98 Å². The molecular formula is C15H15FN6O3. The van der Waals surface area contributed by atoms with E-state index in [1.54, 1.807) is 0 Å². The molecule has 2 N–H and O–H groups in total. The van der Waals surface area contributed by atoms with Crippen molar-refractivity contribution in [3.8, 4) is 11.7 Å². The largest absolute Gasteiger partial charge is 0.462 e. The summed E-state index contributed by atoms with van der Waals surface area (Å²) in [7, 11) is 1.32. The first-order valence-corrected chi connectivity index (χ1v) is 7.48. The van der Waals surface area contributed by atoms with Gasteiger partial charge >= 0.3 is 11.7 Å². The van der Waals surface area contributed by atoms with Gasteiger partial charge in [-0.1, -0.05) is 5.10 Å². The predicted octanol–water partition coefficient (Wildman–Crippen LogP) is -0.259. The van der Waals surface area contributed by atoms with Gasteiger partial charge < -0.3 is 10.5 Å². The van der Waals surface area contributed by atoms with Crippen molar-refractivity contribution >= 4 is 11.2 Å². The number of fused-ring (bicyclic) bond motifs is 1. The summed E-state index contributed by atoms with van der Waals surface area (Å²) in [6.45, 7) is 0.717. The number of aromatic nitrogens is 5. The molecule has 10 heteroatoms. The van der Waals surface area contributed by atoms with Gasteiger partial charge in [0, 0.05) is 7.05 Å². The van der Waals surface area contributed by atoms with E-state index in [0.29, 0.717) is 18.7 Å². The second-order valence-corrected chi connectivity index (χ2v) is 5.22. The topological polar surface area (TPSA) is 118 Å². The fourth-order valence-electron chi connectivity index (χ4n) is 2.22. The van der Waals surface area contributed by atoms with Crippen molar-refractivity contribution in [3.05, 3.63) is 50.9 Å². The van der Waals surface area contributed by atoms with Crippen molar-refractivity contribution < 1.29 is 9.13 Å². The first-order valence-electron chi connectivity index (χ1n) is 7.48. The van der Waals surface area contributed by atoms with Crippen LogP contribution < -0.4 is 21.7 Å². The van der Waals surface area contributed by atoms with Crippen LogP contribution in [0.2, 0.25) is 0 Å². The van der Waals surface area contributed by atoms with E-state index >= 15 is 0 Å². The van der Waals surface area contributed by atoms with Crippen LogP contribution in [0.1, 0.15) is 6.42 Å². The first-order chi connectivity index (χ1) is 12.0. The van der Waals surface area contributed by atoms with E-state index in [4.69, 9.17) is 10.5 Å². The highest BCUT2D eigenvalue weighted by atomic mass is 19.1. The van der Waals surface area contributed by atoms with Crippen LogP contribution in [-0.2, 0) is 7.05 Å². The molecule has 0 radical (unpaired) electrons. The molecule has 0 aliphatic heterocycles. The first kappa shape index (κ1) is 16.7. The normalized spacial score (nSPS) is 11.0. The van der Waals surface area contributed by atoms with Crippen LogP contribution in [0.5, 0.6) is 6.01 Å². The maximum absolute atomic E-state index is 13.2. The third-order valence-corrected chi connectivity index (χ3v) is 3.51. The minimum Gasteiger partial charge on any atom is -0.462 e. The Morgan fingerprint density at radius 3 is 2.60 bits per heavy atom. The van der Waals surface area contributed by atoms with Crippen LogP contribution in [0.15, 0.2) is 33.9 Å². The monoisotopic (exact) mass is 346 g/mol. The number of rotatable bonds is 5. The summed E-state index contributed by atoms with van der Waals surface area (Å²) < 4.78 is 20.5. The highest BCUT2D eigenvalue weighted by Crippen LogP contribution is 2.12. The van der Waals surface area contributed by atoms with Crippen molar-refractivity contribution in [2.75, 3.05) is 13.2 Å². The molecule has 0 saturated heterocycles. The van der Waals surface area contributed by atoms with E-state index in [0.717, 1.165) is 9.13 Å². The van der Waals surface area contributed by atoms with Crippen LogP contribution in [0.25, 0.3) is 16.9 Å². The summed E-state index contributed by atoms with van der Waals surface area (Å²) in [5.74, 6) is -0.453. The summed E-state index contributed by atoms with van der Waals surface area (Å²) in [6, 6.07) is 5.11. The molecule has 0 bridgehead atoms. The van der Waals surface area contributed by atoms with Gasteiger partial charge in [0.2, 0.25) is 0 Å². The lowest BCUT2D eigenvalue weighted by atomic mass is 10.3. The third-order valence-electron chi connectivity index (χ3n) is 3.51. The summed E-state index contributed by atoms with van der Waals surface area (Å²) >= 11 is 0. The lowest BCUT2D eigenvalue weighted by molar-refractivity contribution is 0.286. The van der Waals surface area contributed by atoms with Crippen molar-refractivity contribution in [1.82, 2.24) is 24.3 Å². The minimum absolute atomic E-state index is 0.0362. The Labute approximate surface area is 140 Å². The van der Waals surface area contributed by atoms with Crippen molar-refractivity contribution in [3.63, 3.8) is 0 Å². The fraction of sp³-hybridized carbons (Fsp3) is 0.267. The van der Waals surface area contributed by atoms with Crippen molar-refractivity contribution in [2.45, 2.75) is 6.42 Å². The van der Waals surface area contributed by atoms with E-state index in [9.17, 15) is 14.0 Å². The quantitative estimate of drug-likeness (QED) is 0.632. The number of nitrogens with two attached hydrogens (primary N) is 1. The number of hydrogen-bond donors (Lipinski definition) is 1. The van der Waals surface area contributed by atoms with Crippen LogP contribution in [-0.4, -0.2) is 37.5 Å². The summed E-state index contributed by atoms with van der Waals surface area (Å²) in [5.41, 5.74) is 4.33.